The second-order valence-corrected chi connectivity index (χ2v) is 3.72. The molecule has 0 aromatic carbocycles. The predicted molar refractivity (Wildman–Crippen MR) is 61.7 cm³/mol. The van der Waals surface area contributed by atoms with Crippen LogP contribution in [-0.2, 0) is 9.59 Å². The Bertz CT molecular complexity index is 470. The molecular weight excluding hydrogens is 238 g/mol. The topological polar surface area (TPSA) is 122 Å². The second-order valence-electron chi connectivity index (χ2n) is 3.72. The number of aryl methyl sites for hydroxylation is 1. The van der Waals surface area contributed by atoms with Gasteiger partial charge in [-0.15, -0.1) is 0 Å². The number of carbonyl (C=O) groups excluding carboxylic acids is 2. The maximum absolute atomic E-state index is 11.7. The second kappa shape index (κ2) is 5.76. The molecule has 0 fully saturated rings. The predicted octanol–water partition coefficient (Wildman–Crippen LogP) is -0.552. The lowest BCUT2D eigenvalue weighted by Crippen LogP contribution is -2.43. The van der Waals surface area contributed by atoms with E-state index in [1.165, 1.54) is 12.3 Å². The van der Waals surface area contributed by atoms with Crippen molar-refractivity contribution >= 4 is 17.8 Å². The third kappa shape index (κ3) is 3.85. The van der Waals surface area contributed by atoms with Crippen LogP contribution in [0.2, 0.25) is 0 Å². The zero-order valence-corrected chi connectivity index (χ0v) is 9.71. The van der Waals surface area contributed by atoms with E-state index in [1.54, 1.807) is 13.0 Å². The molecular formula is C11H13N3O4. The minimum absolute atomic E-state index is 0.219. The van der Waals surface area contributed by atoms with E-state index >= 15 is 0 Å². The van der Waals surface area contributed by atoms with E-state index in [0.29, 0.717) is 0 Å². The van der Waals surface area contributed by atoms with Crippen LogP contribution in [0.1, 0.15) is 22.5 Å². The van der Waals surface area contributed by atoms with Crippen molar-refractivity contribution in [1.29, 1.82) is 0 Å². The van der Waals surface area contributed by atoms with Crippen molar-refractivity contribution in [2.24, 2.45) is 5.73 Å². The fraction of sp³-hybridized carbons (Fsp3) is 0.273. The number of nitrogens with one attached hydrogen (secondary N) is 1. The molecule has 1 heterocycles. The first-order valence-electron chi connectivity index (χ1n) is 5.14. The van der Waals surface area contributed by atoms with E-state index in [4.69, 9.17) is 10.8 Å². The number of aromatic nitrogens is 1. The molecule has 7 heteroatoms. The van der Waals surface area contributed by atoms with Crippen molar-refractivity contribution in [3.05, 3.63) is 29.6 Å². The molecule has 1 aromatic rings. The van der Waals surface area contributed by atoms with Gasteiger partial charge in [0.2, 0.25) is 5.91 Å². The number of nitrogens with two attached hydrogens (primary N) is 1. The van der Waals surface area contributed by atoms with Crippen molar-refractivity contribution < 1.29 is 19.5 Å². The van der Waals surface area contributed by atoms with Gasteiger partial charge in [0.15, 0.2) is 0 Å². The normalized spacial score (nSPS) is 11.6. The molecule has 2 amide bonds. The Kier molecular flexibility index (Phi) is 4.36. The number of nitrogens with zero attached hydrogens (tertiary/aromatic N) is 1. The summed E-state index contributed by atoms with van der Waals surface area (Å²) in [6.45, 7) is 1.76. The van der Waals surface area contributed by atoms with Gasteiger partial charge in [0.1, 0.15) is 6.04 Å². The van der Waals surface area contributed by atoms with Crippen molar-refractivity contribution in [3.8, 4) is 0 Å². The molecule has 96 valence electrons. The maximum atomic E-state index is 11.7. The van der Waals surface area contributed by atoms with E-state index in [1.807, 2.05) is 0 Å². The molecule has 0 aliphatic rings. The van der Waals surface area contributed by atoms with Crippen LogP contribution in [0.5, 0.6) is 0 Å². The number of carbonyl (C=O) groups is 3. The van der Waals surface area contributed by atoms with Crippen LogP contribution in [0, 0.1) is 6.92 Å². The average Bonchev–Trinajstić information content (AvgIpc) is 2.28. The number of amides is 2. The summed E-state index contributed by atoms with van der Waals surface area (Å²) in [4.78, 5) is 37.1. The number of aliphatic carboxylic acids is 1. The zero-order chi connectivity index (χ0) is 13.7. The van der Waals surface area contributed by atoms with Gasteiger partial charge in [-0.3, -0.25) is 14.6 Å². The highest BCUT2D eigenvalue weighted by Crippen LogP contribution is 2.01. The number of pyridine rings is 1. The summed E-state index contributed by atoms with van der Waals surface area (Å²) in [7, 11) is 0. The number of rotatable bonds is 5. The first-order chi connectivity index (χ1) is 8.40. The minimum atomic E-state index is -1.34. The van der Waals surface area contributed by atoms with E-state index in [2.05, 4.69) is 10.3 Å². The summed E-state index contributed by atoms with van der Waals surface area (Å²) in [5, 5.41) is 11.0. The molecule has 4 N–H and O–H groups in total. The summed E-state index contributed by atoms with van der Waals surface area (Å²) >= 11 is 0. The number of primary amides is 1. The first kappa shape index (κ1) is 13.6. The molecule has 1 aromatic heterocycles. The van der Waals surface area contributed by atoms with Gasteiger partial charge >= 0.3 is 5.97 Å². The average molecular weight is 251 g/mol. The van der Waals surface area contributed by atoms with Gasteiger partial charge in [-0.05, 0) is 19.1 Å². The van der Waals surface area contributed by atoms with Gasteiger partial charge < -0.3 is 16.2 Å². The Morgan fingerprint density at radius 3 is 2.56 bits per heavy atom. The van der Waals surface area contributed by atoms with Crippen molar-refractivity contribution in [1.82, 2.24) is 10.3 Å². The maximum Gasteiger partial charge on any atom is 0.326 e. The summed E-state index contributed by atoms with van der Waals surface area (Å²) in [5.74, 6) is -2.73. The van der Waals surface area contributed by atoms with Crippen LogP contribution >= 0.6 is 0 Å². The van der Waals surface area contributed by atoms with Crippen molar-refractivity contribution in [3.63, 3.8) is 0 Å². The third-order valence-corrected chi connectivity index (χ3v) is 2.18. The Morgan fingerprint density at radius 2 is 2.11 bits per heavy atom. The number of hydrogen-bond acceptors (Lipinski definition) is 4. The molecule has 0 aliphatic heterocycles. The lowest BCUT2D eigenvalue weighted by Gasteiger charge is -2.12. The quantitative estimate of drug-likeness (QED) is 0.648. The number of carboxylic acid groups (broad SMARTS) is 1. The molecule has 1 atom stereocenters. The van der Waals surface area contributed by atoms with Crippen molar-refractivity contribution in [2.45, 2.75) is 19.4 Å². The first-order valence-corrected chi connectivity index (χ1v) is 5.14. The van der Waals surface area contributed by atoms with E-state index in [9.17, 15) is 14.4 Å². The van der Waals surface area contributed by atoms with Gasteiger partial charge in [0, 0.05) is 11.9 Å². The highest BCUT2D eigenvalue weighted by Gasteiger charge is 2.22. The van der Waals surface area contributed by atoms with Gasteiger partial charge in [0.05, 0.1) is 12.0 Å². The number of hydrogen-bond donors (Lipinski definition) is 3. The summed E-state index contributed by atoms with van der Waals surface area (Å²) in [6, 6.07) is 1.80. The summed E-state index contributed by atoms with van der Waals surface area (Å²) < 4.78 is 0. The van der Waals surface area contributed by atoms with Gasteiger partial charge in [-0.1, -0.05) is 0 Å². The fourth-order valence-electron chi connectivity index (χ4n) is 1.24. The molecule has 0 bridgehead atoms. The third-order valence-electron chi connectivity index (χ3n) is 2.18. The molecule has 18 heavy (non-hydrogen) atoms. The summed E-state index contributed by atoms with van der Waals surface area (Å²) in [6.07, 6.45) is 0.869. The van der Waals surface area contributed by atoms with Crippen LogP contribution in [0.25, 0.3) is 0 Å². The Labute approximate surface area is 103 Å². The Balaban J connectivity index is 2.75. The summed E-state index contributed by atoms with van der Waals surface area (Å²) in [5.41, 5.74) is 5.85. The smallest absolute Gasteiger partial charge is 0.326 e. The van der Waals surface area contributed by atoms with E-state index < -0.39 is 30.2 Å². The molecule has 1 rings (SSSR count). The Hall–Kier alpha value is -2.44. The largest absolute Gasteiger partial charge is 0.480 e. The van der Waals surface area contributed by atoms with Crippen molar-refractivity contribution in [2.75, 3.05) is 0 Å². The standard InChI is InChI=1S/C11H13N3O4/c1-6-2-3-7(5-13-6)10(16)14-8(11(17)18)4-9(12)15/h2-3,5,8H,4H2,1H3,(H2,12,15)(H,14,16)(H,17,18)/t8-/m1/s1. The van der Waals surface area contributed by atoms with Crippen LogP contribution in [-0.4, -0.2) is 33.9 Å². The van der Waals surface area contributed by atoms with Gasteiger partial charge in [-0.2, -0.15) is 0 Å². The van der Waals surface area contributed by atoms with E-state index in [-0.39, 0.29) is 5.56 Å². The minimum Gasteiger partial charge on any atom is -0.480 e. The lowest BCUT2D eigenvalue weighted by molar-refractivity contribution is -0.140. The SMILES string of the molecule is Cc1ccc(C(=O)N[C@H](CC(N)=O)C(=O)O)cn1. The van der Waals surface area contributed by atoms with Crippen LogP contribution < -0.4 is 11.1 Å². The number of carboxylic acids is 1. The Morgan fingerprint density at radius 1 is 1.44 bits per heavy atom. The highest BCUT2D eigenvalue weighted by molar-refractivity contribution is 5.97. The van der Waals surface area contributed by atoms with Crippen LogP contribution in [0.15, 0.2) is 18.3 Å². The lowest BCUT2D eigenvalue weighted by atomic mass is 10.1. The molecule has 0 spiro atoms. The molecule has 0 saturated heterocycles. The molecule has 0 unspecified atom stereocenters. The molecule has 0 aliphatic carbocycles. The molecule has 7 nitrogen and oxygen atoms in total. The zero-order valence-electron chi connectivity index (χ0n) is 9.71. The van der Waals surface area contributed by atoms with Gasteiger partial charge in [-0.25, -0.2) is 4.79 Å². The van der Waals surface area contributed by atoms with Gasteiger partial charge in [0.25, 0.3) is 5.91 Å². The highest BCUT2D eigenvalue weighted by atomic mass is 16.4. The molecule has 0 saturated carbocycles. The van der Waals surface area contributed by atoms with E-state index in [0.717, 1.165) is 5.69 Å². The monoisotopic (exact) mass is 251 g/mol. The molecule has 0 radical (unpaired) electrons. The van der Waals surface area contributed by atoms with Crippen LogP contribution in [0.4, 0.5) is 0 Å². The fourth-order valence-corrected chi connectivity index (χ4v) is 1.24. The van der Waals surface area contributed by atoms with Crippen LogP contribution in [0.3, 0.4) is 0 Å².